The van der Waals surface area contributed by atoms with E-state index in [0.29, 0.717) is 35.1 Å². The Morgan fingerprint density at radius 2 is 1.88 bits per heavy atom. The maximum absolute atomic E-state index is 14.6. The van der Waals surface area contributed by atoms with E-state index in [1.54, 1.807) is 37.4 Å². The lowest BCUT2D eigenvalue weighted by molar-refractivity contribution is -0.274. The molecule has 0 spiro atoms. The van der Waals surface area contributed by atoms with Gasteiger partial charge in [0.1, 0.15) is 29.0 Å². The number of alkyl halides is 3. The van der Waals surface area contributed by atoms with Crippen molar-refractivity contribution in [1.29, 1.82) is 0 Å². The maximum atomic E-state index is 14.6. The Balaban J connectivity index is 1.50. The van der Waals surface area contributed by atoms with Crippen LogP contribution in [-0.2, 0) is 0 Å². The Hall–Kier alpha value is -4.45. The van der Waals surface area contributed by atoms with Crippen molar-refractivity contribution in [2.45, 2.75) is 32.2 Å². The maximum Gasteiger partial charge on any atom is 0.573 e. The van der Waals surface area contributed by atoms with Crippen LogP contribution in [0, 0.1) is 12.7 Å². The summed E-state index contributed by atoms with van der Waals surface area (Å²) in [5, 5.41) is 3.16. The molecule has 1 saturated heterocycles. The molecule has 0 radical (unpaired) electrons. The normalized spacial score (nSPS) is 15.5. The molecular weight excluding hydrogens is 540 g/mol. The van der Waals surface area contributed by atoms with E-state index < -0.39 is 12.2 Å². The molecule has 4 aromatic rings. The second kappa shape index (κ2) is 11.6. The Labute approximate surface area is 234 Å². The van der Waals surface area contributed by atoms with Crippen molar-refractivity contribution in [2.24, 2.45) is 5.73 Å². The van der Waals surface area contributed by atoms with Crippen molar-refractivity contribution in [3.63, 3.8) is 0 Å². The lowest BCUT2D eigenvalue weighted by Gasteiger charge is -2.34. The third-order valence-electron chi connectivity index (χ3n) is 6.72. The van der Waals surface area contributed by atoms with Crippen molar-refractivity contribution in [2.75, 3.05) is 30.4 Å². The van der Waals surface area contributed by atoms with Crippen LogP contribution in [0.5, 0.6) is 11.5 Å². The average Bonchev–Trinajstić information content (AvgIpc) is 2.93. The van der Waals surface area contributed by atoms with Crippen molar-refractivity contribution < 1.29 is 27.0 Å². The predicted octanol–water partition coefficient (Wildman–Crippen LogP) is 6.23. The molecule has 3 N–H and O–H groups in total. The Morgan fingerprint density at radius 1 is 1.05 bits per heavy atom. The molecule has 1 atom stereocenters. The molecule has 0 unspecified atom stereocenters. The Morgan fingerprint density at radius 3 is 2.61 bits per heavy atom. The van der Waals surface area contributed by atoms with Gasteiger partial charge in [-0.15, -0.1) is 13.2 Å². The highest BCUT2D eigenvalue weighted by Crippen LogP contribution is 2.37. The standard InChI is InChI=1S/C29H28F4N6O2/c1-17-13-18(8-9-23(17)41-29(31,32)33)20-15-36-26(14-22(20)39-12-4-5-19(34)16-39)37-25-10-11-35-28(38-25)27-21(30)6-3-7-24(27)40-2/h3,6-11,13-15,19H,4-5,12,16,34H2,1-2H3,(H,35,36,37,38)/t19-/m0/s1. The fourth-order valence-electron chi connectivity index (χ4n) is 4.85. The molecule has 0 bridgehead atoms. The zero-order valence-electron chi connectivity index (χ0n) is 22.4. The van der Waals surface area contributed by atoms with Crippen LogP contribution < -0.4 is 25.4 Å². The molecule has 41 heavy (non-hydrogen) atoms. The van der Waals surface area contributed by atoms with Crippen LogP contribution >= 0.6 is 0 Å². The van der Waals surface area contributed by atoms with E-state index in [4.69, 9.17) is 10.5 Å². The Bertz CT molecular complexity index is 1550. The van der Waals surface area contributed by atoms with Gasteiger partial charge in [-0.2, -0.15) is 0 Å². The van der Waals surface area contributed by atoms with E-state index >= 15 is 0 Å². The number of rotatable bonds is 7. The van der Waals surface area contributed by atoms with E-state index in [-0.39, 0.29) is 23.2 Å². The van der Waals surface area contributed by atoms with Crippen LogP contribution in [0.25, 0.3) is 22.5 Å². The van der Waals surface area contributed by atoms with Gasteiger partial charge in [0.05, 0.1) is 12.7 Å². The number of pyridine rings is 1. The van der Waals surface area contributed by atoms with E-state index in [2.05, 4.69) is 29.9 Å². The first kappa shape index (κ1) is 28.1. The number of hydrogen-bond acceptors (Lipinski definition) is 8. The lowest BCUT2D eigenvalue weighted by atomic mass is 10.00. The third kappa shape index (κ3) is 6.49. The monoisotopic (exact) mass is 568 g/mol. The molecule has 3 heterocycles. The quantitative estimate of drug-likeness (QED) is 0.253. The van der Waals surface area contributed by atoms with Gasteiger partial charge >= 0.3 is 6.36 Å². The van der Waals surface area contributed by atoms with Gasteiger partial charge in [0.25, 0.3) is 0 Å². The number of halogens is 4. The second-order valence-corrected chi connectivity index (χ2v) is 9.67. The number of piperidine rings is 1. The minimum Gasteiger partial charge on any atom is -0.496 e. The molecule has 1 aliphatic rings. The highest BCUT2D eigenvalue weighted by Gasteiger charge is 2.32. The highest BCUT2D eigenvalue weighted by molar-refractivity contribution is 5.81. The molecule has 214 valence electrons. The summed E-state index contributed by atoms with van der Waals surface area (Å²) in [6.45, 7) is 2.92. The summed E-state index contributed by atoms with van der Waals surface area (Å²) >= 11 is 0. The molecule has 5 rings (SSSR count). The molecule has 8 nitrogen and oxygen atoms in total. The van der Waals surface area contributed by atoms with Crippen molar-refractivity contribution >= 4 is 17.3 Å². The fraction of sp³-hybridized carbons (Fsp3) is 0.276. The smallest absolute Gasteiger partial charge is 0.496 e. The summed E-state index contributed by atoms with van der Waals surface area (Å²) < 4.78 is 62.5. The van der Waals surface area contributed by atoms with E-state index in [1.807, 2.05) is 6.07 Å². The number of anilines is 3. The summed E-state index contributed by atoms with van der Waals surface area (Å²) in [6.07, 6.45) is 0.160. The molecule has 0 saturated carbocycles. The summed E-state index contributed by atoms with van der Waals surface area (Å²) in [5.41, 5.74) is 8.96. The van der Waals surface area contributed by atoms with Crippen LogP contribution in [0.2, 0.25) is 0 Å². The number of nitrogens with zero attached hydrogens (tertiary/aromatic N) is 4. The molecule has 1 fully saturated rings. The fourth-order valence-corrected chi connectivity index (χ4v) is 4.85. The summed E-state index contributed by atoms with van der Waals surface area (Å²) in [6, 6.07) is 12.4. The van der Waals surface area contributed by atoms with Crippen LogP contribution in [0.15, 0.2) is 60.9 Å². The number of benzene rings is 2. The first-order chi connectivity index (χ1) is 19.6. The lowest BCUT2D eigenvalue weighted by Crippen LogP contribution is -2.43. The van der Waals surface area contributed by atoms with Crippen molar-refractivity contribution in [1.82, 2.24) is 15.0 Å². The molecule has 1 aliphatic heterocycles. The van der Waals surface area contributed by atoms with Crippen LogP contribution in [0.4, 0.5) is 34.9 Å². The zero-order chi connectivity index (χ0) is 29.1. The van der Waals surface area contributed by atoms with Crippen LogP contribution in [0.3, 0.4) is 0 Å². The zero-order valence-corrected chi connectivity index (χ0v) is 22.4. The summed E-state index contributed by atoms with van der Waals surface area (Å²) in [7, 11) is 1.44. The van der Waals surface area contributed by atoms with Gasteiger partial charge in [-0.05, 0) is 61.2 Å². The highest BCUT2D eigenvalue weighted by atomic mass is 19.4. The van der Waals surface area contributed by atoms with Crippen molar-refractivity contribution in [3.8, 4) is 34.0 Å². The number of nitrogens with two attached hydrogens (primary N) is 1. The molecule has 12 heteroatoms. The number of hydrogen-bond donors (Lipinski definition) is 2. The first-order valence-electron chi connectivity index (χ1n) is 12.9. The molecule has 2 aromatic heterocycles. The third-order valence-corrected chi connectivity index (χ3v) is 6.72. The van der Waals surface area contributed by atoms with Crippen LogP contribution in [-0.4, -0.2) is 47.6 Å². The number of aromatic nitrogens is 3. The van der Waals surface area contributed by atoms with E-state index in [9.17, 15) is 17.6 Å². The molecular formula is C29H28F4N6O2. The SMILES string of the molecule is COc1cccc(F)c1-c1nccc(Nc2cc(N3CCC[C@H](N)C3)c(-c3ccc(OC(F)(F)F)c(C)c3)cn2)n1. The molecule has 0 amide bonds. The predicted molar refractivity (Wildman–Crippen MR) is 148 cm³/mol. The first-order valence-corrected chi connectivity index (χ1v) is 12.9. The van der Waals surface area contributed by atoms with Gasteiger partial charge in [0.15, 0.2) is 5.82 Å². The topological polar surface area (TPSA) is 98.4 Å². The second-order valence-electron chi connectivity index (χ2n) is 9.67. The summed E-state index contributed by atoms with van der Waals surface area (Å²) in [5.74, 6) is 0.499. The van der Waals surface area contributed by atoms with Crippen LogP contribution in [0.1, 0.15) is 18.4 Å². The number of methoxy groups -OCH3 is 1. The minimum atomic E-state index is -4.78. The minimum absolute atomic E-state index is 0.0226. The Kier molecular flexibility index (Phi) is 7.93. The van der Waals surface area contributed by atoms with Crippen molar-refractivity contribution in [3.05, 3.63) is 72.3 Å². The van der Waals surface area contributed by atoms with Gasteiger partial charge in [-0.25, -0.2) is 19.3 Å². The van der Waals surface area contributed by atoms with E-state index in [1.165, 1.54) is 31.5 Å². The van der Waals surface area contributed by atoms with Gasteiger partial charge in [-0.3, -0.25) is 0 Å². The van der Waals surface area contributed by atoms with Gasteiger partial charge in [0.2, 0.25) is 0 Å². The number of nitrogens with one attached hydrogen (secondary N) is 1. The largest absolute Gasteiger partial charge is 0.573 e. The average molecular weight is 569 g/mol. The van der Waals surface area contributed by atoms with Gasteiger partial charge < -0.3 is 25.4 Å². The summed E-state index contributed by atoms with van der Waals surface area (Å²) in [4.78, 5) is 15.4. The van der Waals surface area contributed by atoms with Gasteiger partial charge in [0, 0.05) is 48.8 Å². The van der Waals surface area contributed by atoms with E-state index in [0.717, 1.165) is 30.6 Å². The molecule has 0 aliphatic carbocycles. The number of aryl methyl sites for hydroxylation is 1. The molecule has 2 aromatic carbocycles. The number of ether oxygens (including phenoxy) is 2. The van der Waals surface area contributed by atoms with Gasteiger partial charge in [-0.1, -0.05) is 12.1 Å².